The van der Waals surface area contributed by atoms with Gasteiger partial charge in [0.15, 0.2) is 5.69 Å². The molecule has 0 aliphatic rings. The van der Waals surface area contributed by atoms with Crippen LogP contribution in [0, 0.1) is 0 Å². The molecule has 2 aromatic heterocycles. The number of hydrogen-bond donors (Lipinski definition) is 2. The Kier molecular flexibility index (Phi) is 4.88. The minimum atomic E-state index is -1.11. The Bertz CT molecular complexity index is 652. The summed E-state index contributed by atoms with van der Waals surface area (Å²) < 4.78 is 5.04. The van der Waals surface area contributed by atoms with Crippen LogP contribution in [0.4, 0.5) is 0 Å². The molecule has 2 N–H and O–H groups in total. The molecule has 1 unspecified atom stereocenters. The summed E-state index contributed by atoms with van der Waals surface area (Å²) in [5.74, 6) is -1.01. The van der Waals surface area contributed by atoms with Gasteiger partial charge in [-0.25, -0.2) is 4.79 Å². The van der Waals surface area contributed by atoms with Gasteiger partial charge in [-0.2, -0.15) is 0 Å². The van der Waals surface area contributed by atoms with Gasteiger partial charge in [0.05, 0.1) is 0 Å². The second kappa shape index (κ2) is 6.84. The SMILES string of the molecule is CC(C)c1cc(C(=O)NC(Cc2ccncc2)C(=O)O)no1. The molecule has 1 atom stereocenters. The Morgan fingerprint density at radius 1 is 1.32 bits per heavy atom. The fourth-order valence-electron chi connectivity index (χ4n) is 1.86. The molecule has 7 nitrogen and oxygen atoms in total. The van der Waals surface area contributed by atoms with E-state index in [4.69, 9.17) is 4.52 Å². The van der Waals surface area contributed by atoms with E-state index in [0.717, 1.165) is 5.56 Å². The van der Waals surface area contributed by atoms with E-state index in [-0.39, 0.29) is 18.0 Å². The van der Waals surface area contributed by atoms with Crippen molar-refractivity contribution in [2.45, 2.75) is 32.2 Å². The fourth-order valence-corrected chi connectivity index (χ4v) is 1.86. The van der Waals surface area contributed by atoms with Crippen molar-refractivity contribution in [3.8, 4) is 0 Å². The maximum Gasteiger partial charge on any atom is 0.326 e. The van der Waals surface area contributed by atoms with Gasteiger partial charge in [-0.1, -0.05) is 19.0 Å². The third kappa shape index (κ3) is 3.91. The van der Waals surface area contributed by atoms with Gasteiger partial charge >= 0.3 is 5.97 Å². The highest BCUT2D eigenvalue weighted by Crippen LogP contribution is 2.15. The number of nitrogens with zero attached hydrogens (tertiary/aromatic N) is 2. The summed E-state index contributed by atoms with van der Waals surface area (Å²) in [5, 5.41) is 15.4. The predicted octanol–water partition coefficient (Wildman–Crippen LogP) is 1.62. The minimum Gasteiger partial charge on any atom is -0.480 e. The first-order chi connectivity index (χ1) is 10.5. The summed E-state index contributed by atoms with van der Waals surface area (Å²) in [5.41, 5.74) is 0.843. The number of nitrogens with one attached hydrogen (secondary N) is 1. The molecule has 116 valence electrons. The fraction of sp³-hybridized carbons (Fsp3) is 0.333. The monoisotopic (exact) mass is 303 g/mol. The average molecular weight is 303 g/mol. The highest BCUT2D eigenvalue weighted by Gasteiger charge is 2.23. The molecule has 22 heavy (non-hydrogen) atoms. The lowest BCUT2D eigenvalue weighted by atomic mass is 10.1. The number of carboxylic acid groups (broad SMARTS) is 1. The Hall–Kier alpha value is -2.70. The molecule has 2 heterocycles. The maximum atomic E-state index is 12.1. The molecule has 0 saturated carbocycles. The van der Waals surface area contributed by atoms with Gasteiger partial charge in [0.2, 0.25) is 0 Å². The largest absolute Gasteiger partial charge is 0.480 e. The molecule has 0 radical (unpaired) electrons. The molecule has 0 bridgehead atoms. The van der Waals surface area contributed by atoms with Crippen LogP contribution >= 0.6 is 0 Å². The van der Waals surface area contributed by atoms with Crippen LogP contribution in [-0.2, 0) is 11.2 Å². The third-order valence-corrected chi connectivity index (χ3v) is 3.12. The Morgan fingerprint density at radius 3 is 2.55 bits per heavy atom. The van der Waals surface area contributed by atoms with Crippen LogP contribution < -0.4 is 5.32 Å². The molecule has 0 aliphatic heterocycles. The number of carbonyl (C=O) groups is 2. The lowest BCUT2D eigenvalue weighted by Crippen LogP contribution is -2.42. The lowest BCUT2D eigenvalue weighted by Gasteiger charge is -2.13. The van der Waals surface area contributed by atoms with Crippen LogP contribution in [0.15, 0.2) is 35.1 Å². The number of pyridine rings is 1. The normalized spacial score (nSPS) is 12.1. The van der Waals surface area contributed by atoms with E-state index in [1.165, 1.54) is 6.07 Å². The smallest absolute Gasteiger partial charge is 0.326 e. The number of carbonyl (C=O) groups excluding carboxylic acids is 1. The predicted molar refractivity (Wildman–Crippen MR) is 77.4 cm³/mol. The molecule has 1 amide bonds. The van der Waals surface area contributed by atoms with Crippen molar-refractivity contribution < 1.29 is 19.2 Å². The summed E-state index contributed by atoms with van der Waals surface area (Å²) >= 11 is 0. The van der Waals surface area contributed by atoms with Crippen LogP contribution in [0.5, 0.6) is 0 Å². The highest BCUT2D eigenvalue weighted by molar-refractivity contribution is 5.95. The first-order valence-electron chi connectivity index (χ1n) is 6.86. The first kappa shape index (κ1) is 15.7. The number of aliphatic carboxylic acids is 1. The molecule has 7 heteroatoms. The second-order valence-corrected chi connectivity index (χ2v) is 5.19. The van der Waals surface area contributed by atoms with Crippen molar-refractivity contribution in [2.75, 3.05) is 0 Å². The van der Waals surface area contributed by atoms with Crippen molar-refractivity contribution in [3.63, 3.8) is 0 Å². The Labute approximate surface area is 127 Å². The molecule has 0 aromatic carbocycles. The topological polar surface area (TPSA) is 105 Å². The first-order valence-corrected chi connectivity index (χ1v) is 6.86. The second-order valence-electron chi connectivity index (χ2n) is 5.19. The molecule has 0 fully saturated rings. The van der Waals surface area contributed by atoms with Crippen LogP contribution in [0.25, 0.3) is 0 Å². The maximum absolute atomic E-state index is 12.1. The summed E-state index contributed by atoms with van der Waals surface area (Å²) in [6.07, 6.45) is 3.31. The quantitative estimate of drug-likeness (QED) is 0.840. The zero-order chi connectivity index (χ0) is 16.1. The van der Waals surface area contributed by atoms with Gasteiger partial charge in [0, 0.05) is 30.8 Å². The minimum absolute atomic E-state index is 0.0738. The number of amides is 1. The van der Waals surface area contributed by atoms with E-state index < -0.39 is 17.9 Å². The van der Waals surface area contributed by atoms with Crippen molar-refractivity contribution in [1.29, 1.82) is 0 Å². The summed E-state index contributed by atoms with van der Waals surface area (Å²) in [7, 11) is 0. The van der Waals surface area contributed by atoms with Crippen molar-refractivity contribution in [1.82, 2.24) is 15.5 Å². The molecular formula is C15H17N3O4. The van der Waals surface area contributed by atoms with Gasteiger partial charge in [-0.15, -0.1) is 0 Å². The summed E-state index contributed by atoms with van der Waals surface area (Å²) in [4.78, 5) is 27.3. The standard InChI is InChI=1S/C15H17N3O4/c1-9(2)13-8-11(18-22-13)14(19)17-12(15(20)21)7-10-3-5-16-6-4-10/h3-6,8-9,12H,7H2,1-2H3,(H,17,19)(H,20,21). The van der Waals surface area contributed by atoms with Crippen LogP contribution in [0.3, 0.4) is 0 Å². The average Bonchev–Trinajstić information content (AvgIpc) is 2.97. The van der Waals surface area contributed by atoms with Crippen molar-refractivity contribution >= 4 is 11.9 Å². The van der Waals surface area contributed by atoms with Gasteiger partial charge in [-0.3, -0.25) is 9.78 Å². The van der Waals surface area contributed by atoms with Crippen molar-refractivity contribution in [3.05, 3.63) is 47.6 Å². The molecule has 0 spiro atoms. The lowest BCUT2D eigenvalue weighted by molar-refractivity contribution is -0.139. The summed E-state index contributed by atoms with van der Waals surface area (Å²) in [6.45, 7) is 3.82. The Balaban J connectivity index is 2.07. The highest BCUT2D eigenvalue weighted by atomic mass is 16.5. The van der Waals surface area contributed by atoms with Gasteiger partial charge in [0.1, 0.15) is 11.8 Å². The van der Waals surface area contributed by atoms with E-state index in [9.17, 15) is 14.7 Å². The van der Waals surface area contributed by atoms with E-state index >= 15 is 0 Å². The van der Waals surface area contributed by atoms with E-state index in [2.05, 4.69) is 15.5 Å². The molecular weight excluding hydrogens is 286 g/mol. The third-order valence-electron chi connectivity index (χ3n) is 3.12. The van der Waals surface area contributed by atoms with Crippen LogP contribution in [0.2, 0.25) is 0 Å². The van der Waals surface area contributed by atoms with Gasteiger partial charge in [-0.05, 0) is 17.7 Å². The van der Waals surface area contributed by atoms with Gasteiger partial charge in [0.25, 0.3) is 5.91 Å². The number of hydrogen-bond acceptors (Lipinski definition) is 5. The zero-order valence-electron chi connectivity index (χ0n) is 12.3. The van der Waals surface area contributed by atoms with Crippen LogP contribution in [-0.4, -0.2) is 33.2 Å². The molecule has 2 rings (SSSR count). The number of aromatic nitrogens is 2. The van der Waals surface area contributed by atoms with E-state index in [0.29, 0.717) is 5.76 Å². The summed E-state index contributed by atoms with van der Waals surface area (Å²) in [6, 6.07) is 3.88. The number of rotatable bonds is 6. The van der Waals surface area contributed by atoms with Crippen molar-refractivity contribution in [2.24, 2.45) is 0 Å². The van der Waals surface area contributed by atoms with Crippen LogP contribution in [0.1, 0.15) is 41.6 Å². The van der Waals surface area contributed by atoms with Gasteiger partial charge < -0.3 is 14.9 Å². The van der Waals surface area contributed by atoms with E-state index in [1.807, 2.05) is 13.8 Å². The zero-order valence-corrected chi connectivity index (χ0v) is 12.3. The number of carboxylic acids is 1. The molecule has 0 saturated heterocycles. The molecule has 2 aromatic rings. The van der Waals surface area contributed by atoms with E-state index in [1.54, 1.807) is 24.5 Å². The molecule has 0 aliphatic carbocycles. The Morgan fingerprint density at radius 2 is 2.00 bits per heavy atom.